The summed E-state index contributed by atoms with van der Waals surface area (Å²) >= 11 is 0. The number of nitrogens with zero attached hydrogens (tertiary/aromatic N) is 3. The van der Waals surface area contributed by atoms with Gasteiger partial charge in [0.1, 0.15) is 0 Å². The molecule has 0 aliphatic carbocycles. The molecule has 2 aliphatic rings. The highest BCUT2D eigenvalue weighted by Gasteiger charge is 2.14. The molecule has 2 heterocycles. The van der Waals surface area contributed by atoms with Crippen molar-refractivity contribution in [2.45, 2.75) is 25.7 Å². The number of hydrogen-bond donors (Lipinski definition) is 0. The average Bonchev–Trinajstić information content (AvgIpc) is 2.55. The van der Waals surface area contributed by atoms with Crippen molar-refractivity contribution >= 4 is 11.5 Å². The van der Waals surface area contributed by atoms with E-state index in [9.17, 15) is 0 Å². The van der Waals surface area contributed by atoms with E-state index in [4.69, 9.17) is 4.84 Å². The Morgan fingerprint density at radius 3 is 2.65 bits per heavy atom. The molecule has 0 atom stereocenters. The van der Waals surface area contributed by atoms with Crippen LogP contribution in [0.2, 0.25) is 0 Å². The Balaban J connectivity index is 1.59. The van der Waals surface area contributed by atoms with Gasteiger partial charge in [0.25, 0.3) is 0 Å². The number of amidine groups is 1. The predicted molar refractivity (Wildman–Crippen MR) is 81.3 cm³/mol. The smallest absolute Gasteiger partial charge is 0.169 e. The number of likely N-dealkylation sites (tertiary alicyclic amines) is 1. The van der Waals surface area contributed by atoms with Crippen LogP contribution in [0.5, 0.6) is 0 Å². The number of rotatable bonds is 4. The zero-order valence-corrected chi connectivity index (χ0v) is 11.8. The van der Waals surface area contributed by atoms with Gasteiger partial charge in [0.15, 0.2) is 12.4 Å². The zero-order valence-electron chi connectivity index (χ0n) is 11.8. The predicted octanol–water partition coefficient (Wildman–Crippen LogP) is 2.70. The standard InChI is InChI=1S/C16H21N3O/c1-3-7-14(8-4-1)15-13-20-18-16(17-15)9-12-19-10-5-2-6-11-19/h1,3-4,7-8H,2,5-6,9-13H2. The Bertz CT molecular complexity index is 490. The third-order valence-electron chi connectivity index (χ3n) is 3.84. The van der Waals surface area contributed by atoms with Gasteiger partial charge in [-0.25, -0.2) is 4.99 Å². The van der Waals surface area contributed by atoms with Gasteiger partial charge in [-0.05, 0) is 31.5 Å². The van der Waals surface area contributed by atoms with Crippen LogP contribution in [-0.2, 0) is 4.84 Å². The molecule has 4 nitrogen and oxygen atoms in total. The summed E-state index contributed by atoms with van der Waals surface area (Å²) in [6, 6.07) is 10.2. The maximum absolute atomic E-state index is 5.33. The summed E-state index contributed by atoms with van der Waals surface area (Å²) < 4.78 is 0. The molecule has 0 N–H and O–H groups in total. The van der Waals surface area contributed by atoms with E-state index in [1.165, 1.54) is 32.4 Å². The second-order valence-electron chi connectivity index (χ2n) is 5.36. The van der Waals surface area contributed by atoms with Gasteiger partial charge >= 0.3 is 0 Å². The average molecular weight is 271 g/mol. The van der Waals surface area contributed by atoms with Crippen molar-refractivity contribution in [2.75, 3.05) is 26.2 Å². The number of aliphatic imine (C=N–C) groups is 1. The second kappa shape index (κ2) is 6.66. The van der Waals surface area contributed by atoms with Crippen LogP contribution in [0.1, 0.15) is 31.2 Å². The molecule has 4 heteroatoms. The molecular formula is C16H21N3O. The molecule has 106 valence electrons. The minimum absolute atomic E-state index is 0.469. The number of oxime groups is 1. The van der Waals surface area contributed by atoms with Crippen LogP contribution in [0.25, 0.3) is 0 Å². The Morgan fingerprint density at radius 2 is 1.85 bits per heavy atom. The molecule has 2 aliphatic heterocycles. The van der Waals surface area contributed by atoms with E-state index >= 15 is 0 Å². The Labute approximate surface area is 120 Å². The molecule has 0 bridgehead atoms. The van der Waals surface area contributed by atoms with Crippen molar-refractivity contribution in [3.8, 4) is 0 Å². The minimum Gasteiger partial charge on any atom is -0.388 e. The van der Waals surface area contributed by atoms with E-state index in [1.54, 1.807) is 0 Å². The van der Waals surface area contributed by atoms with Crippen molar-refractivity contribution in [3.05, 3.63) is 35.9 Å². The maximum atomic E-state index is 5.33. The van der Waals surface area contributed by atoms with Crippen molar-refractivity contribution in [3.63, 3.8) is 0 Å². The summed E-state index contributed by atoms with van der Waals surface area (Å²) in [5.74, 6) is 0.820. The fraction of sp³-hybridized carbons (Fsp3) is 0.500. The van der Waals surface area contributed by atoms with Crippen LogP contribution in [0, 0.1) is 0 Å². The Hall–Kier alpha value is -1.68. The first-order valence-corrected chi connectivity index (χ1v) is 7.46. The summed E-state index contributed by atoms with van der Waals surface area (Å²) in [6.45, 7) is 3.93. The highest BCUT2D eigenvalue weighted by molar-refractivity contribution is 6.09. The molecule has 0 spiro atoms. The summed E-state index contributed by atoms with van der Waals surface area (Å²) in [4.78, 5) is 12.5. The molecule has 1 fully saturated rings. The van der Waals surface area contributed by atoms with Crippen LogP contribution in [0.3, 0.4) is 0 Å². The van der Waals surface area contributed by atoms with Gasteiger partial charge in [-0.3, -0.25) is 0 Å². The van der Waals surface area contributed by atoms with E-state index in [2.05, 4.69) is 27.2 Å². The molecule has 20 heavy (non-hydrogen) atoms. The molecule has 3 rings (SSSR count). The van der Waals surface area contributed by atoms with Crippen molar-refractivity contribution in [1.29, 1.82) is 0 Å². The largest absolute Gasteiger partial charge is 0.388 e. The van der Waals surface area contributed by atoms with E-state index in [0.717, 1.165) is 30.1 Å². The number of piperidine rings is 1. The van der Waals surface area contributed by atoms with E-state index in [-0.39, 0.29) is 0 Å². The van der Waals surface area contributed by atoms with Gasteiger partial charge in [-0.1, -0.05) is 41.9 Å². The number of benzene rings is 1. The van der Waals surface area contributed by atoms with Crippen LogP contribution >= 0.6 is 0 Å². The van der Waals surface area contributed by atoms with Crippen molar-refractivity contribution in [1.82, 2.24) is 4.90 Å². The Morgan fingerprint density at radius 1 is 1.05 bits per heavy atom. The lowest BCUT2D eigenvalue weighted by molar-refractivity contribution is 0.178. The van der Waals surface area contributed by atoms with Crippen molar-refractivity contribution < 1.29 is 4.84 Å². The highest BCUT2D eigenvalue weighted by Crippen LogP contribution is 2.11. The normalized spacial score (nSPS) is 20.0. The van der Waals surface area contributed by atoms with E-state index in [0.29, 0.717) is 6.61 Å². The summed E-state index contributed by atoms with van der Waals surface area (Å²) in [7, 11) is 0. The first kappa shape index (κ1) is 13.3. The summed E-state index contributed by atoms with van der Waals surface area (Å²) in [6.07, 6.45) is 4.89. The SMILES string of the molecule is c1ccc(C2=NC(CCN3CCCCC3)=NOC2)cc1. The van der Waals surface area contributed by atoms with Crippen LogP contribution in [-0.4, -0.2) is 42.7 Å². The van der Waals surface area contributed by atoms with Gasteiger partial charge in [-0.15, -0.1) is 0 Å². The second-order valence-corrected chi connectivity index (χ2v) is 5.36. The fourth-order valence-corrected chi connectivity index (χ4v) is 2.70. The van der Waals surface area contributed by atoms with E-state index < -0.39 is 0 Å². The topological polar surface area (TPSA) is 37.2 Å². The Kier molecular flexibility index (Phi) is 4.43. The van der Waals surface area contributed by atoms with E-state index in [1.807, 2.05) is 18.2 Å². The fourth-order valence-electron chi connectivity index (χ4n) is 2.70. The molecule has 1 aromatic carbocycles. The molecule has 0 aromatic heterocycles. The quantitative estimate of drug-likeness (QED) is 0.844. The lowest BCUT2D eigenvalue weighted by atomic mass is 10.1. The third-order valence-corrected chi connectivity index (χ3v) is 3.84. The zero-order chi connectivity index (χ0) is 13.6. The minimum atomic E-state index is 0.469. The number of hydrogen-bond acceptors (Lipinski definition) is 4. The van der Waals surface area contributed by atoms with Gasteiger partial charge < -0.3 is 9.74 Å². The first-order chi connectivity index (χ1) is 9.92. The van der Waals surface area contributed by atoms with Crippen LogP contribution in [0.4, 0.5) is 0 Å². The van der Waals surface area contributed by atoms with Gasteiger partial charge in [0, 0.05) is 13.0 Å². The third kappa shape index (κ3) is 3.45. The molecule has 0 unspecified atom stereocenters. The van der Waals surface area contributed by atoms with Crippen LogP contribution in [0.15, 0.2) is 40.5 Å². The van der Waals surface area contributed by atoms with Gasteiger partial charge in [-0.2, -0.15) is 0 Å². The van der Waals surface area contributed by atoms with Crippen molar-refractivity contribution in [2.24, 2.45) is 10.1 Å². The lowest BCUT2D eigenvalue weighted by Crippen LogP contribution is -2.32. The molecule has 0 amide bonds. The molecule has 1 saturated heterocycles. The van der Waals surface area contributed by atoms with Gasteiger partial charge in [0.05, 0.1) is 5.71 Å². The first-order valence-electron chi connectivity index (χ1n) is 7.46. The lowest BCUT2D eigenvalue weighted by Gasteiger charge is -2.26. The summed E-state index contributed by atoms with van der Waals surface area (Å²) in [5.41, 5.74) is 2.10. The maximum Gasteiger partial charge on any atom is 0.169 e. The highest BCUT2D eigenvalue weighted by atomic mass is 16.6. The molecular weight excluding hydrogens is 250 g/mol. The molecule has 1 aromatic rings. The van der Waals surface area contributed by atoms with Gasteiger partial charge in [0.2, 0.25) is 0 Å². The summed E-state index contributed by atoms with van der Waals surface area (Å²) in [5, 5.41) is 4.09. The molecule has 0 radical (unpaired) electrons. The monoisotopic (exact) mass is 271 g/mol. The molecule has 0 saturated carbocycles. The van der Waals surface area contributed by atoms with Crippen LogP contribution < -0.4 is 0 Å².